The SMILES string of the molecule is C=CC(=O)N1CCC(C(=O)N2Cc3c(ccc(F)c3Br)CC2C)CC1. The van der Waals surface area contributed by atoms with Crippen LogP contribution in [-0.2, 0) is 22.6 Å². The van der Waals surface area contributed by atoms with Gasteiger partial charge in [0.05, 0.1) is 4.47 Å². The summed E-state index contributed by atoms with van der Waals surface area (Å²) in [7, 11) is 0. The summed E-state index contributed by atoms with van der Waals surface area (Å²) in [6.07, 6.45) is 3.38. The van der Waals surface area contributed by atoms with Gasteiger partial charge in [-0.05, 0) is 65.4 Å². The zero-order valence-corrected chi connectivity index (χ0v) is 15.9. The maximum absolute atomic E-state index is 13.8. The molecule has 1 fully saturated rings. The number of amides is 2. The van der Waals surface area contributed by atoms with Crippen molar-refractivity contribution in [2.45, 2.75) is 38.8 Å². The third kappa shape index (κ3) is 3.50. The van der Waals surface area contributed by atoms with E-state index in [1.54, 1.807) is 4.90 Å². The number of fused-ring (bicyclic) bond motifs is 1. The molecule has 25 heavy (non-hydrogen) atoms. The summed E-state index contributed by atoms with van der Waals surface area (Å²) in [5, 5.41) is 0. The van der Waals surface area contributed by atoms with Gasteiger partial charge in [-0.1, -0.05) is 12.6 Å². The molecule has 2 heterocycles. The van der Waals surface area contributed by atoms with Gasteiger partial charge >= 0.3 is 0 Å². The summed E-state index contributed by atoms with van der Waals surface area (Å²) in [6.45, 7) is 7.14. The van der Waals surface area contributed by atoms with Crippen molar-refractivity contribution in [2.75, 3.05) is 13.1 Å². The number of rotatable bonds is 2. The van der Waals surface area contributed by atoms with Crippen LogP contribution in [0.3, 0.4) is 0 Å². The molecule has 134 valence electrons. The number of carbonyl (C=O) groups is 2. The topological polar surface area (TPSA) is 40.6 Å². The summed E-state index contributed by atoms with van der Waals surface area (Å²) >= 11 is 3.32. The molecule has 0 spiro atoms. The smallest absolute Gasteiger partial charge is 0.245 e. The van der Waals surface area contributed by atoms with E-state index in [4.69, 9.17) is 0 Å². The Morgan fingerprint density at radius 1 is 1.32 bits per heavy atom. The largest absolute Gasteiger partial charge is 0.339 e. The van der Waals surface area contributed by atoms with Gasteiger partial charge in [0.1, 0.15) is 5.82 Å². The van der Waals surface area contributed by atoms with E-state index in [0.717, 1.165) is 17.5 Å². The highest BCUT2D eigenvalue weighted by molar-refractivity contribution is 9.10. The summed E-state index contributed by atoms with van der Waals surface area (Å²) in [5.41, 5.74) is 1.96. The molecule has 3 rings (SSSR count). The minimum Gasteiger partial charge on any atom is -0.339 e. The molecule has 0 aliphatic carbocycles. The zero-order valence-electron chi connectivity index (χ0n) is 14.3. The molecule has 1 unspecified atom stereocenters. The predicted molar refractivity (Wildman–Crippen MR) is 97.3 cm³/mol. The molecule has 0 bridgehead atoms. The van der Waals surface area contributed by atoms with Gasteiger partial charge in [-0.2, -0.15) is 0 Å². The first-order chi connectivity index (χ1) is 11.9. The minimum atomic E-state index is -0.294. The Kier molecular flexibility index (Phi) is 5.27. The number of benzene rings is 1. The second-order valence-electron chi connectivity index (χ2n) is 6.82. The lowest BCUT2D eigenvalue weighted by molar-refractivity contribution is -0.142. The Balaban J connectivity index is 1.72. The first-order valence-electron chi connectivity index (χ1n) is 8.60. The van der Waals surface area contributed by atoms with Crippen molar-refractivity contribution in [3.63, 3.8) is 0 Å². The molecule has 0 aromatic heterocycles. The van der Waals surface area contributed by atoms with Gasteiger partial charge in [0, 0.05) is 31.6 Å². The highest BCUT2D eigenvalue weighted by Crippen LogP contribution is 2.33. The molecule has 4 nitrogen and oxygen atoms in total. The van der Waals surface area contributed by atoms with Gasteiger partial charge in [0.2, 0.25) is 11.8 Å². The number of carbonyl (C=O) groups excluding carboxylic acids is 2. The van der Waals surface area contributed by atoms with E-state index in [1.165, 1.54) is 12.1 Å². The number of nitrogens with zero attached hydrogens (tertiary/aromatic N) is 2. The Morgan fingerprint density at radius 2 is 2.00 bits per heavy atom. The lowest BCUT2D eigenvalue weighted by atomic mass is 9.90. The van der Waals surface area contributed by atoms with Crippen LogP contribution in [0.5, 0.6) is 0 Å². The predicted octanol–water partition coefficient (Wildman–Crippen LogP) is 3.29. The van der Waals surface area contributed by atoms with Gasteiger partial charge in [0.25, 0.3) is 0 Å². The molecule has 0 N–H and O–H groups in total. The van der Waals surface area contributed by atoms with Gasteiger partial charge in [-0.15, -0.1) is 0 Å². The maximum Gasteiger partial charge on any atom is 0.245 e. The van der Waals surface area contributed by atoms with Crippen LogP contribution >= 0.6 is 15.9 Å². The molecular weight excluding hydrogens is 387 g/mol. The van der Waals surface area contributed by atoms with E-state index >= 15 is 0 Å². The summed E-state index contributed by atoms with van der Waals surface area (Å²) in [6, 6.07) is 3.37. The fourth-order valence-electron chi connectivity index (χ4n) is 3.76. The van der Waals surface area contributed by atoms with Crippen molar-refractivity contribution in [1.82, 2.24) is 9.80 Å². The number of piperidine rings is 1. The molecule has 2 aliphatic rings. The molecule has 2 amide bonds. The summed E-state index contributed by atoms with van der Waals surface area (Å²) in [4.78, 5) is 28.3. The molecule has 6 heteroatoms. The van der Waals surface area contributed by atoms with Crippen LogP contribution < -0.4 is 0 Å². The van der Waals surface area contributed by atoms with Crippen molar-refractivity contribution in [1.29, 1.82) is 0 Å². The Hall–Kier alpha value is -1.69. The first-order valence-corrected chi connectivity index (χ1v) is 9.39. The van der Waals surface area contributed by atoms with Crippen molar-refractivity contribution in [3.8, 4) is 0 Å². The molecule has 0 saturated carbocycles. The van der Waals surface area contributed by atoms with Crippen LogP contribution in [-0.4, -0.2) is 40.7 Å². The highest BCUT2D eigenvalue weighted by Gasteiger charge is 2.34. The van der Waals surface area contributed by atoms with Crippen LogP contribution in [0.4, 0.5) is 4.39 Å². The average Bonchev–Trinajstić information content (AvgIpc) is 2.63. The Bertz CT molecular complexity index is 714. The average molecular weight is 409 g/mol. The molecule has 0 radical (unpaired) electrons. The van der Waals surface area contributed by atoms with Crippen LogP contribution in [0, 0.1) is 11.7 Å². The molecule has 1 saturated heterocycles. The number of hydrogen-bond donors (Lipinski definition) is 0. The molecule has 1 aromatic rings. The maximum atomic E-state index is 13.8. The standard InChI is InChI=1S/C19H22BrFN2O2/c1-3-17(24)22-8-6-13(7-9-22)19(25)23-11-15-14(10-12(23)2)4-5-16(21)18(15)20/h3-5,12-13H,1,6-11H2,2H3. The molecule has 2 aliphatic heterocycles. The van der Waals surface area contributed by atoms with Crippen LogP contribution in [0.15, 0.2) is 29.3 Å². The van der Waals surface area contributed by atoms with Gasteiger partial charge in [-0.3, -0.25) is 9.59 Å². The monoisotopic (exact) mass is 408 g/mol. The van der Waals surface area contributed by atoms with E-state index in [9.17, 15) is 14.0 Å². The molecule has 1 aromatic carbocycles. The van der Waals surface area contributed by atoms with Crippen LogP contribution in [0.1, 0.15) is 30.9 Å². The van der Waals surface area contributed by atoms with E-state index in [-0.39, 0.29) is 29.6 Å². The van der Waals surface area contributed by atoms with Crippen molar-refractivity contribution < 1.29 is 14.0 Å². The van der Waals surface area contributed by atoms with E-state index in [2.05, 4.69) is 22.5 Å². The summed E-state index contributed by atoms with van der Waals surface area (Å²) < 4.78 is 14.3. The van der Waals surface area contributed by atoms with E-state index in [0.29, 0.717) is 36.9 Å². The van der Waals surface area contributed by atoms with E-state index in [1.807, 2.05) is 17.9 Å². The Labute approximate surface area is 155 Å². The fraction of sp³-hybridized carbons (Fsp3) is 0.474. The number of halogens is 2. The second kappa shape index (κ2) is 7.28. The van der Waals surface area contributed by atoms with Crippen LogP contribution in [0.25, 0.3) is 0 Å². The third-order valence-corrected chi connectivity index (χ3v) is 6.14. The van der Waals surface area contributed by atoms with Crippen molar-refractivity contribution in [3.05, 3.63) is 46.2 Å². The lowest BCUT2D eigenvalue weighted by Crippen LogP contribution is -2.48. The van der Waals surface area contributed by atoms with Crippen LogP contribution in [0.2, 0.25) is 0 Å². The second-order valence-corrected chi connectivity index (χ2v) is 7.62. The molecule has 1 atom stereocenters. The first kappa shape index (κ1) is 18.1. The minimum absolute atomic E-state index is 0.0782. The normalized spacial score (nSPS) is 21.0. The fourth-order valence-corrected chi connectivity index (χ4v) is 4.27. The zero-order chi connectivity index (χ0) is 18.1. The number of likely N-dealkylation sites (tertiary alicyclic amines) is 1. The van der Waals surface area contributed by atoms with Gasteiger partial charge in [0.15, 0.2) is 0 Å². The van der Waals surface area contributed by atoms with Crippen molar-refractivity contribution in [2.24, 2.45) is 5.92 Å². The number of hydrogen-bond acceptors (Lipinski definition) is 2. The lowest BCUT2D eigenvalue weighted by Gasteiger charge is -2.39. The van der Waals surface area contributed by atoms with Gasteiger partial charge < -0.3 is 9.80 Å². The Morgan fingerprint density at radius 3 is 2.64 bits per heavy atom. The third-order valence-electron chi connectivity index (χ3n) is 5.28. The van der Waals surface area contributed by atoms with E-state index < -0.39 is 0 Å². The molecular formula is C19H22BrFN2O2. The van der Waals surface area contributed by atoms with Gasteiger partial charge in [-0.25, -0.2) is 4.39 Å². The highest BCUT2D eigenvalue weighted by atomic mass is 79.9. The van der Waals surface area contributed by atoms with Crippen molar-refractivity contribution >= 4 is 27.7 Å². The summed E-state index contributed by atoms with van der Waals surface area (Å²) in [5.74, 6) is -0.340. The quantitative estimate of drug-likeness (QED) is 0.704.